The Morgan fingerprint density at radius 1 is 1.33 bits per heavy atom. The van der Waals surface area contributed by atoms with Crippen molar-refractivity contribution in [2.24, 2.45) is 0 Å². The summed E-state index contributed by atoms with van der Waals surface area (Å²) in [6, 6.07) is 3.68. The van der Waals surface area contributed by atoms with E-state index in [1.165, 1.54) is 23.9 Å². The number of anilines is 1. The molecule has 1 aliphatic rings. The number of thioether (sulfide) groups is 1. The van der Waals surface area contributed by atoms with Crippen LogP contribution in [0.1, 0.15) is 10.4 Å². The smallest absolute Gasteiger partial charge is 0.252 e. The van der Waals surface area contributed by atoms with Crippen LogP contribution in [0.25, 0.3) is 11.0 Å². The third kappa shape index (κ3) is 4.35. The van der Waals surface area contributed by atoms with Gasteiger partial charge in [-0.25, -0.2) is 19.0 Å². The predicted octanol–water partition coefficient (Wildman–Crippen LogP) is 2.61. The molecular formula is C19H20ClFN6O2S. The van der Waals surface area contributed by atoms with Gasteiger partial charge in [0.05, 0.1) is 41.9 Å². The topological polar surface area (TPSA) is 85.2 Å². The molecule has 1 aromatic carbocycles. The first-order valence-electron chi connectivity index (χ1n) is 9.40. The van der Waals surface area contributed by atoms with Gasteiger partial charge in [0.15, 0.2) is 10.8 Å². The highest BCUT2D eigenvalue weighted by atomic mass is 35.5. The molecule has 0 atom stereocenters. The molecular weight excluding hydrogens is 431 g/mol. The van der Waals surface area contributed by atoms with E-state index >= 15 is 0 Å². The molecule has 11 heteroatoms. The van der Waals surface area contributed by atoms with Gasteiger partial charge in [-0.2, -0.15) is 5.10 Å². The van der Waals surface area contributed by atoms with Gasteiger partial charge in [-0.15, -0.1) is 0 Å². The van der Waals surface area contributed by atoms with Gasteiger partial charge in [0.1, 0.15) is 11.6 Å². The second-order valence-corrected chi connectivity index (χ2v) is 7.80. The van der Waals surface area contributed by atoms with Crippen LogP contribution in [0.2, 0.25) is 5.02 Å². The first-order valence-corrected chi connectivity index (χ1v) is 11.0. The molecule has 0 saturated carbocycles. The summed E-state index contributed by atoms with van der Waals surface area (Å²) in [5.41, 5.74) is 0.940. The van der Waals surface area contributed by atoms with Crippen molar-refractivity contribution in [1.82, 2.24) is 25.1 Å². The third-order valence-corrected chi connectivity index (χ3v) is 5.59. The van der Waals surface area contributed by atoms with Crippen molar-refractivity contribution >= 4 is 46.1 Å². The summed E-state index contributed by atoms with van der Waals surface area (Å²) in [4.78, 5) is 23.8. The van der Waals surface area contributed by atoms with Crippen LogP contribution >= 0.6 is 23.4 Å². The lowest BCUT2D eigenvalue weighted by molar-refractivity contribution is 0.0952. The van der Waals surface area contributed by atoms with E-state index < -0.39 is 5.82 Å². The zero-order chi connectivity index (χ0) is 21.1. The van der Waals surface area contributed by atoms with Crippen LogP contribution < -0.4 is 10.2 Å². The van der Waals surface area contributed by atoms with E-state index in [0.29, 0.717) is 37.1 Å². The number of amides is 1. The van der Waals surface area contributed by atoms with Crippen LogP contribution in [0.5, 0.6) is 0 Å². The van der Waals surface area contributed by atoms with Gasteiger partial charge in [0.2, 0.25) is 0 Å². The molecule has 4 rings (SSSR count). The lowest BCUT2D eigenvalue weighted by Gasteiger charge is -2.28. The number of ether oxygens (including phenoxy) is 1. The summed E-state index contributed by atoms with van der Waals surface area (Å²) < 4.78 is 20.4. The molecule has 0 bridgehead atoms. The molecule has 30 heavy (non-hydrogen) atoms. The number of aromatic nitrogens is 4. The standard InChI is InChI=1S/C19H20ClFN6O2S/c1-30-19-24-16(26-6-8-29-9-7-26)14-11-23-27(17(14)25-19)5-4-22-18(28)13-3-2-12(21)10-15(13)20/h2-3,10-11H,4-9H2,1H3,(H,22,28). The van der Waals surface area contributed by atoms with Crippen molar-refractivity contribution in [3.63, 3.8) is 0 Å². The maximum absolute atomic E-state index is 13.2. The van der Waals surface area contributed by atoms with E-state index in [0.717, 1.165) is 30.4 Å². The molecule has 1 fully saturated rings. The summed E-state index contributed by atoms with van der Waals surface area (Å²) >= 11 is 7.42. The van der Waals surface area contributed by atoms with E-state index in [1.807, 2.05) is 6.26 Å². The van der Waals surface area contributed by atoms with Crippen molar-refractivity contribution in [2.75, 3.05) is 44.0 Å². The average molecular weight is 451 g/mol. The molecule has 1 amide bonds. The fourth-order valence-electron chi connectivity index (χ4n) is 3.24. The van der Waals surface area contributed by atoms with Gasteiger partial charge in [-0.3, -0.25) is 4.79 Å². The number of hydrogen-bond acceptors (Lipinski definition) is 7. The highest BCUT2D eigenvalue weighted by Gasteiger charge is 2.20. The number of nitrogens with one attached hydrogen (secondary N) is 1. The van der Waals surface area contributed by atoms with Crippen molar-refractivity contribution in [1.29, 1.82) is 0 Å². The molecule has 1 N–H and O–H groups in total. The van der Waals surface area contributed by atoms with Gasteiger partial charge in [0, 0.05) is 19.6 Å². The molecule has 1 saturated heterocycles. The second kappa shape index (κ2) is 9.15. The molecule has 0 radical (unpaired) electrons. The van der Waals surface area contributed by atoms with Crippen LogP contribution in [0.15, 0.2) is 29.6 Å². The zero-order valence-corrected chi connectivity index (χ0v) is 17.8. The van der Waals surface area contributed by atoms with Gasteiger partial charge >= 0.3 is 0 Å². The number of halogens is 2. The fraction of sp³-hybridized carbons (Fsp3) is 0.368. The quantitative estimate of drug-likeness (QED) is 0.456. The Labute approximate surface area is 181 Å². The first-order chi connectivity index (χ1) is 14.6. The highest BCUT2D eigenvalue weighted by Crippen LogP contribution is 2.27. The Morgan fingerprint density at radius 3 is 2.87 bits per heavy atom. The number of rotatable bonds is 6. The van der Waals surface area contributed by atoms with E-state index in [2.05, 4.69) is 25.3 Å². The zero-order valence-electron chi connectivity index (χ0n) is 16.3. The largest absolute Gasteiger partial charge is 0.378 e. The van der Waals surface area contributed by atoms with Gasteiger partial charge < -0.3 is 15.0 Å². The Morgan fingerprint density at radius 2 is 2.13 bits per heavy atom. The SMILES string of the molecule is CSc1nc(N2CCOCC2)c2cnn(CCNC(=O)c3ccc(F)cc3Cl)c2n1. The van der Waals surface area contributed by atoms with Gasteiger partial charge in [0.25, 0.3) is 5.91 Å². The van der Waals surface area contributed by atoms with E-state index in [9.17, 15) is 9.18 Å². The van der Waals surface area contributed by atoms with Gasteiger partial charge in [-0.05, 0) is 24.5 Å². The Hall–Kier alpha value is -2.43. The minimum atomic E-state index is -0.486. The number of fused-ring (bicyclic) bond motifs is 1. The molecule has 3 aromatic rings. The molecule has 3 heterocycles. The summed E-state index contributed by atoms with van der Waals surface area (Å²) in [6.07, 6.45) is 3.68. The Bertz CT molecular complexity index is 1070. The molecule has 0 unspecified atom stereocenters. The first kappa shape index (κ1) is 20.8. The normalized spacial score (nSPS) is 14.3. The van der Waals surface area contributed by atoms with Crippen molar-refractivity contribution in [3.05, 3.63) is 40.8 Å². The van der Waals surface area contributed by atoms with Gasteiger partial charge in [-0.1, -0.05) is 23.4 Å². The fourth-order valence-corrected chi connectivity index (χ4v) is 3.84. The molecule has 0 spiro atoms. The van der Waals surface area contributed by atoms with Crippen LogP contribution in [0, 0.1) is 5.82 Å². The molecule has 1 aliphatic heterocycles. The molecule has 158 valence electrons. The van der Waals surface area contributed by atoms with Crippen LogP contribution in [-0.2, 0) is 11.3 Å². The highest BCUT2D eigenvalue weighted by molar-refractivity contribution is 7.98. The third-order valence-electron chi connectivity index (χ3n) is 4.73. The predicted molar refractivity (Wildman–Crippen MR) is 114 cm³/mol. The lowest BCUT2D eigenvalue weighted by Crippen LogP contribution is -2.37. The summed E-state index contributed by atoms with van der Waals surface area (Å²) in [6.45, 7) is 3.58. The average Bonchev–Trinajstić information content (AvgIpc) is 3.16. The number of carbonyl (C=O) groups excluding carboxylic acids is 1. The van der Waals surface area contributed by atoms with Crippen molar-refractivity contribution < 1.29 is 13.9 Å². The summed E-state index contributed by atoms with van der Waals surface area (Å²) in [5, 5.41) is 8.83. The number of carbonyl (C=O) groups is 1. The van der Waals surface area contributed by atoms with Crippen molar-refractivity contribution in [2.45, 2.75) is 11.7 Å². The van der Waals surface area contributed by atoms with Crippen LogP contribution in [0.4, 0.5) is 10.2 Å². The lowest BCUT2D eigenvalue weighted by atomic mass is 10.2. The van der Waals surface area contributed by atoms with E-state index in [-0.39, 0.29) is 16.5 Å². The number of benzene rings is 1. The van der Waals surface area contributed by atoms with Crippen LogP contribution in [-0.4, -0.2) is 64.8 Å². The monoisotopic (exact) mass is 450 g/mol. The molecule has 8 nitrogen and oxygen atoms in total. The maximum Gasteiger partial charge on any atom is 0.252 e. The summed E-state index contributed by atoms with van der Waals surface area (Å²) in [7, 11) is 0. The summed E-state index contributed by atoms with van der Waals surface area (Å²) in [5.74, 6) is -0.00848. The van der Waals surface area contributed by atoms with Crippen molar-refractivity contribution in [3.8, 4) is 0 Å². The van der Waals surface area contributed by atoms with E-state index in [4.69, 9.17) is 16.3 Å². The minimum absolute atomic E-state index is 0.0737. The number of nitrogens with zero attached hydrogens (tertiary/aromatic N) is 5. The second-order valence-electron chi connectivity index (χ2n) is 6.62. The number of hydrogen-bond donors (Lipinski definition) is 1. The maximum atomic E-state index is 13.2. The van der Waals surface area contributed by atoms with Crippen LogP contribution in [0.3, 0.4) is 0 Å². The Kier molecular flexibility index (Phi) is 6.35. The minimum Gasteiger partial charge on any atom is -0.378 e. The molecule has 0 aliphatic carbocycles. The Balaban J connectivity index is 1.51. The van der Waals surface area contributed by atoms with E-state index in [1.54, 1.807) is 10.9 Å². The number of morpholine rings is 1. The molecule has 2 aromatic heterocycles.